The SMILES string of the molecule is COCCN(C)c1ccc(C(C)N)cn1. The van der Waals surface area contributed by atoms with Crippen molar-refractivity contribution in [2.45, 2.75) is 13.0 Å². The third-order valence-electron chi connectivity index (χ3n) is 2.32. The number of aromatic nitrogens is 1. The van der Waals surface area contributed by atoms with E-state index in [1.54, 1.807) is 7.11 Å². The molecule has 0 aliphatic rings. The summed E-state index contributed by atoms with van der Waals surface area (Å²) in [4.78, 5) is 6.39. The molecule has 1 aromatic rings. The van der Waals surface area contributed by atoms with Gasteiger partial charge in [0.25, 0.3) is 0 Å². The quantitative estimate of drug-likeness (QED) is 0.791. The van der Waals surface area contributed by atoms with E-state index in [1.165, 1.54) is 0 Å². The molecule has 0 bridgehead atoms. The highest BCUT2D eigenvalue weighted by molar-refractivity contribution is 5.38. The Kier molecular flexibility index (Phi) is 4.52. The van der Waals surface area contributed by atoms with Gasteiger partial charge in [0.15, 0.2) is 0 Å². The Hall–Kier alpha value is -1.13. The zero-order chi connectivity index (χ0) is 11.3. The fraction of sp³-hybridized carbons (Fsp3) is 0.545. The highest BCUT2D eigenvalue weighted by atomic mass is 16.5. The maximum absolute atomic E-state index is 5.75. The lowest BCUT2D eigenvalue weighted by Gasteiger charge is -2.18. The zero-order valence-corrected chi connectivity index (χ0v) is 9.60. The third kappa shape index (κ3) is 3.49. The number of rotatable bonds is 5. The second kappa shape index (κ2) is 5.68. The molecule has 0 saturated heterocycles. The van der Waals surface area contributed by atoms with Crippen molar-refractivity contribution in [1.29, 1.82) is 0 Å². The summed E-state index contributed by atoms with van der Waals surface area (Å²) < 4.78 is 5.01. The van der Waals surface area contributed by atoms with Gasteiger partial charge in [-0.3, -0.25) is 0 Å². The van der Waals surface area contributed by atoms with Crippen LogP contribution in [0.2, 0.25) is 0 Å². The monoisotopic (exact) mass is 209 g/mol. The van der Waals surface area contributed by atoms with Crippen LogP contribution in [0.25, 0.3) is 0 Å². The first-order chi connectivity index (χ1) is 7.15. The van der Waals surface area contributed by atoms with E-state index >= 15 is 0 Å². The standard InChI is InChI=1S/C11H19N3O/c1-9(12)10-4-5-11(13-8-10)14(2)6-7-15-3/h4-5,8-9H,6-7,12H2,1-3H3. The number of nitrogens with zero attached hydrogens (tertiary/aromatic N) is 2. The van der Waals surface area contributed by atoms with Crippen molar-refractivity contribution in [3.63, 3.8) is 0 Å². The number of ether oxygens (including phenoxy) is 1. The molecule has 1 atom stereocenters. The summed E-state index contributed by atoms with van der Waals surface area (Å²) in [5.41, 5.74) is 6.80. The molecule has 0 spiro atoms. The van der Waals surface area contributed by atoms with Crippen molar-refractivity contribution in [2.75, 3.05) is 32.2 Å². The van der Waals surface area contributed by atoms with Gasteiger partial charge >= 0.3 is 0 Å². The van der Waals surface area contributed by atoms with Gasteiger partial charge in [0.05, 0.1) is 6.61 Å². The van der Waals surface area contributed by atoms with Crippen LogP contribution in [0.5, 0.6) is 0 Å². The number of pyridine rings is 1. The van der Waals surface area contributed by atoms with Gasteiger partial charge in [0, 0.05) is 32.9 Å². The number of hydrogen-bond acceptors (Lipinski definition) is 4. The lowest BCUT2D eigenvalue weighted by molar-refractivity contribution is 0.206. The van der Waals surface area contributed by atoms with Crippen molar-refractivity contribution in [2.24, 2.45) is 5.73 Å². The predicted molar refractivity (Wildman–Crippen MR) is 62.0 cm³/mol. The normalized spacial score (nSPS) is 12.5. The molecule has 4 nitrogen and oxygen atoms in total. The van der Waals surface area contributed by atoms with Crippen LogP contribution >= 0.6 is 0 Å². The van der Waals surface area contributed by atoms with E-state index in [0.717, 1.165) is 17.9 Å². The summed E-state index contributed by atoms with van der Waals surface area (Å²) >= 11 is 0. The molecule has 84 valence electrons. The minimum atomic E-state index is 0.0378. The van der Waals surface area contributed by atoms with Crippen LogP contribution in [0.1, 0.15) is 18.5 Å². The van der Waals surface area contributed by atoms with Crippen molar-refractivity contribution < 1.29 is 4.74 Å². The van der Waals surface area contributed by atoms with Crippen molar-refractivity contribution in [3.8, 4) is 0 Å². The molecule has 0 saturated carbocycles. The lowest BCUT2D eigenvalue weighted by Crippen LogP contribution is -2.23. The molecule has 1 heterocycles. The Balaban J connectivity index is 2.62. The first-order valence-electron chi connectivity index (χ1n) is 5.06. The van der Waals surface area contributed by atoms with Crippen LogP contribution in [-0.2, 0) is 4.74 Å². The van der Waals surface area contributed by atoms with Crippen LogP contribution in [0.3, 0.4) is 0 Å². The number of likely N-dealkylation sites (N-methyl/N-ethyl adjacent to an activating group) is 1. The number of anilines is 1. The van der Waals surface area contributed by atoms with Gasteiger partial charge in [-0.25, -0.2) is 4.98 Å². The molecular formula is C11H19N3O. The van der Waals surface area contributed by atoms with Gasteiger partial charge in [0.2, 0.25) is 0 Å². The van der Waals surface area contributed by atoms with Crippen LogP contribution in [0.15, 0.2) is 18.3 Å². The fourth-order valence-electron chi connectivity index (χ4n) is 1.24. The minimum absolute atomic E-state index is 0.0378. The van der Waals surface area contributed by atoms with Crippen molar-refractivity contribution in [3.05, 3.63) is 23.9 Å². The van der Waals surface area contributed by atoms with Gasteiger partial charge < -0.3 is 15.4 Å². The van der Waals surface area contributed by atoms with E-state index < -0.39 is 0 Å². The molecule has 0 aromatic carbocycles. The van der Waals surface area contributed by atoms with E-state index in [9.17, 15) is 0 Å². The van der Waals surface area contributed by atoms with Crippen molar-refractivity contribution in [1.82, 2.24) is 4.98 Å². The Labute approximate surface area is 91.1 Å². The summed E-state index contributed by atoms with van der Waals surface area (Å²) in [5, 5.41) is 0. The summed E-state index contributed by atoms with van der Waals surface area (Å²) in [6.07, 6.45) is 1.82. The average Bonchev–Trinajstić information content (AvgIpc) is 2.26. The maximum Gasteiger partial charge on any atom is 0.128 e. The molecule has 1 aromatic heterocycles. The zero-order valence-electron chi connectivity index (χ0n) is 9.60. The molecule has 0 amide bonds. The summed E-state index contributed by atoms with van der Waals surface area (Å²) in [7, 11) is 3.69. The second-order valence-corrected chi connectivity index (χ2v) is 3.65. The van der Waals surface area contributed by atoms with Gasteiger partial charge in [0.1, 0.15) is 5.82 Å². The average molecular weight is 209 g/mol. The molecule has 0 aliphatic heterocycles. The Morgan fingerprint density at radius 2 is 2.27 bits per heavy atom. The highest BCUT2D eigenvalue weighted by Crippen LogP contribution is 2.13. The van der Waals surface area contributed by atoms with E-state index in [-0.39, 0.29) is 6.04 Å². The Morgan fingerprint density at radius 1 is 1.53 bits per heavy atom. The minimum Gasteiger partial charge on any atom is -0.383 e. The molecule has 1 rings (SSSR count). The number of nitrogens with two attached hydrogens (primary N) is 1. The molecule has 1 unspecified atom stereocenters. The van der Waals surface area contributed by atoms with E-state index in [0.29, 0.717) is 6.61 Å². The number of methoxy groups -OCH3 is 1. The van der Waals surface area contributed by atoms with E-state index in [2.05, 4.69) is 9.88 Å². The van der Waals surface area contributed by atoms with Gasteiger partial charge in [-0.2, -0.15) is 0 Å². The molecule has 0 aliphatic carbocycles. The molecule has 0 fully saturated rings. The van der Waals surface area contributed by atoms with Crippen LogP contribution in [-0.4, -0.2) is 32.3 Å². The topological polar surface area (TPSA) is 51.4 Å². The molecular weight excluding hydrogens is 190 g/mol. The fourth-order valence-corrected chi connectivity index (χ4v) is 1.24. The highest BCUT2D eigenvalue weighted by Gasteiger charge is 2.03. The van der Waals surface area contributed by atoms with E-state index in [1.807, 2.05) is 32.3 Å². The predicted octanol–water partition coefficient (Wildman–Crippen LogP) is 1.18. The molecule has 4 heteroatoms. The number of hydrogen-bond donors (Lipinski definition) is 1. The van der Waals surface area contributed by atoms with Gasteiger partial charge in [-0.15, -0.1) is 0 Å². The molecule has 0 radical (unpaired) electrons. The Morgan fingerprint density at radius 3 is 2.73 bits per heavy atom. The second-order valence-electron chi connectivity index (χ2n) is 3.65. The van der Waals surface area contributed by atoms with Gasteiger partial charge in [-0.05, 0) is 18.6 Å². The third-order valence-corrected chi connectivity index (χ3v) is 2.32. The van der Waals surface area contributed by atoms with Crippen molar-refractivity contribution >= 4 is 5.82 Å². The summed E-state index contributed by atoms with van der Waals surface area (Å²) in [6, 6.07) is 4.03. The first-order valence-corrected chi connectivity index (χ1v) is 5.06. The first kappa shape index (κ1) is 11.9. The van der Waals surface area contributed by atoms with E-state index in [4.69, 9.17) is 10.5 Å². The summed E-state index contributed by atoms with van der Waals surface area (Å²) in [5.74, 6) is 0.941. The van der Waals surface area contributed by atoms with Gasteiger partial charge in [-0.1, -0.05) is 6.07 Å². The Bertz CT molecular complexity index is 284. The largest absolute Gasteiger partial charge is 0.383 e. The lowest BCUT2D eigenvalue weighted by atomic mass is 10.1. The van der Waals surface area contributed by atoms with Crippen LogP contribution < -0.4 is 10.6 Å². The smallest absolute Gasteiger partial charge is 0.128 e. The molecule has 2 N–H and O–H groups in total. The maximum atomic E-state index is 5.75. The van der Waals surface area contributed by atoms with Crippen LogP contribution in [0.4, 0.5) is 5.82 Å². The molecule has 15 heavy (non-hydrogen) atoms. The summed E-state index contributed by atoms with van der Waals surface area (Å²) in [6.45, 7) is 3.49. The van der Waals surface area contributed by atoms with Crippen LogP contribution in [0, 0.1) is 0 Å².